The molecule has 2 aromatic rings. The average molecular weight is 287 g/mol. The minimum atomic E-state index is -0.136. The summed E-state index contributed by atoms with van der Waals surface area (Å²) in [6.07, 6.45) is 0.812. The van der Waals surface area contributed by atoms with Gasteiger partial charge in [0.25, 0.3) is 5.91 Å². The van der Waals surface area contributed by atoms with Crippen LogP contribution in [0.5, 0.6) is 0 Å². The van der Waals surface area contributed by atoms with Crippen LogP contribution < -0.4 is 0 Å². The highest BCUT2D eigenvalue weighted by Crippen LogP contribution is 2.16. The van der Waals surface area contributed by atoms with E-state index in [4.69, 9.17) is 0 Å². The van der Waals surface area contributed by atoms with Crippen molar-refractivity contribution in [2.24, 2.45) is 0 Å². The van der Waals surface area contributed by atoms with Crippen molar-refractivity contribution in [3.63, 3.8) is 0 Å². The predicted octanol–water partition coefficient (Wildman–Crippen LogP) is 2.11. The molecule has 0 saturated carbocycles. The lowest BCUT2D eigenvalue weighted by atomic mass is 10.2. The van der Waals surface area contributed by atoms with Gasteiger partial charge in [-0.2, -0.15) is 0 Å². The third-order valence-electron chi connectivity index (χ3n) is 3.37. The topological polar surface area (TPSA) is 56.4 Å². The Morgan fingerprint density at radius 3 is 2.52 bits per heavy atom. The minimum Gasteiger partial charge on any atom is -0.351 e. The van der Waals surface area contributed by atoms with Gasteiger partial charge >= 0.3 is 0 Å². The Morgan fingerprint density at radius 1 is 1.19 bits per heavy atom. The number of H-pyrrole nitrogens is 1. The first kappa shape index (κ1) is 15.1. The smallest absolute Gasteiger partial charge is 0.270 e. The number of aromatic amines is 1. The van der Waals surface area contributed by atoms with Gasteiger partial charge < -0.3 is 14.8 Å². The lowest BCUT2D eigenvalue weighted by Gasteiger charge is -2.22. The van der Waals surface area contributed by atoms with Gasteiger partial charge in [0.15, 0.2) is 0 Å². The Morgan fingerprint density at radius 2 is 1.90 bits per heavy atom. The van der Waals surface area contributed by atoms with Gasteiger partial charge in [-0.3, -0.25) is 9.59 Å². The maximum absolute atomic E-state index is 12.6. The largest absolute Gasteiger partial charge is 0.351 e. The molecule has 112 valence electrons. The number of hydrogen-bond acceptors (Lipinski definition) is 2. The third-order valence-corrected chi connectivity index (χ3v) is 3.37. The van der Waals surface area contributed by atoms with Crippen molar-refractivity contribution >= 4 is 22.7 Å². The molecule has 0 saturated heterocycles. The Balaban J connectivity index is 2.22. The van der Waals surface area contributed by atoms with Crippen LogP contribution in [-0.4, -0.2) is 53.8 Å². The van der Waals surface area contributed by atoms with Crippen LogP contribution in [0.3, 0.4) is 0 Å². The molecule has 0 unspecified atom stereocenters. The molecule has 0 spiro atoms. The van der Waals surface area contributed by atoms with Gasteiger partial charge in [-0.25, -0.2) is 0 Å². The summed E-state index contributed by atoms with van der Waals surface area (Å²) in [4.78, 5) is 30.7. The van der Waals surface area contributed by atoms with Crippen molar-refractivity contribution in [3.05, 3.63) is 36.0 Å². The van der Waals surface area contributed by atoms with Crippen LogP contribution in [0.2, 0.25) is 0 Å². The van der Waals surface area contributed by atoms with Crippen LogP contribution in [0.4, 0.5) is 0 Å². The highest BCUT2D eigenvalue weighted by Gasteiger charge is 2.20. The lowest BCUT2D eigenvalue weighted by molar-refractivity contribution is -0.129. The molecule has 1 aromatic heterocycles. The van der Waals surface area contributed by atoms with Gasteiger partial charge in [0.1, 0.15) is 12.2 Å². The molecule has 5 heteroatoms. The molecule has 5 nitrogen and oxygen atoms in total. The van der Waals surface area contributed by atoms with Crippen molar-refractivity contribution in [3.8, 4) is 0 Å². The Bertz CT molecular complexity index is 613. The Labute approximate surface area is 124 Å². The summed E-state index contributed by atoms with van der Waals surface area (Å²) < 4.78 is 0. The second-order valence-corrected chi connectivity index (χ2v) is 5.29. The number of carbonyl (C=O) groups excluding carboxylic acids is 2. The zero-order valence-corrected chi connectivity index (χ0v) is 12.7. The molecular formula is C16H21N3O2. The summed E-state index contributed by atoms with van der Waals surface area (Å²) in [5, 5.41) is 0.997. The van der Waals surface area contributed by atoms with E-state index < -0.39 is 0 Å². The molecule has 0 aliphatic rings. The SMILES string of the molecule is CCCN(CC(=O)N(C)C)C(=O)c1cc2ccccc2[nH]1. The second-order valence-electron chi connectivity index (χ2n) is 5.29. The molecule has 0 radical (unpaired) electrons. The molecule has 0 fully saturated rings. The molecule has 21 heavy (non-hydrogen) atoms. The monoisotopic (exact) mass is 287 g/mol. The number of nitrogens with one attached hydrogen (secondary N) is 1. The number of nitrogens with zero attached hydrogens (tertiary/aromatic N) is 2. The first-order valence-corrected chi connectivity index (χ1v) is 7.10. The van der Waals surface area contributed by atoms with E-state index in [1.807, 2.05) is 37.3 Å². The average Bonchev–Trinajstić information content (AvgIpc) is 2.89. The van der Waals surface area contributed by atoms with E-state index in [0.29, 0.717) is 12.2 Å². The number of para-hydroxylation sites is 1. The zero-order chi connectivity index (χ0) is 15.4. The minimum absolute atomic E-state index is 0.0760. The number of hydrogen-bond donors (Lipinski definition) is 1. The van der Waals surface area contributed by atoms with Gasteiger partial charge in [0, 0.05) is 31.5 Å². The molecule has 1 N–H and O–H groups in total. The van der Waals surface area contributed by atoms with E-state index >= 15 is 0 Å². The summed E-state index contributed by atoms with van der Waals surface area (Å²) in [5.74, 6) is -0.212. The Kier molecular flexibility index (Phi) is 4.62. The highest BCUT2D eigenvalue weighted by atomic mass is 16.2. The van der Waals surface area contributed by atoms with Crippen molar-refractivity contribution in [2.75, 3.05) is 27.2 Å². The number of carbonyl (C=O) groups is 2. The predicted molar refractivity (Wildman–Crippen MR) is 83.2 cm³/mol. The number of aromatic nitrogens is 1. The maximum Gasteiger partial charge on any atom is 0.270 e. The molecule has 0 bridgehead atoms. The molecule has 1 aromatic carbocycles. The van der Waals surface area contributed by atoms with Gasteiger partial charge in [-0.1, -0.05) is 25.1 Å². The standard InChI is InChI=1S/C16H21N3O2/c1-4-9-19(11-15(20)18(2)3)16(21)14-10-12-7-5-6-8-13(12)17-14/h5-8,10,17H,4,9,11H2,1-3H3. The normalized spacial score (nSPS) is 10.6. The quantitative estimate of drug-likeness (QED) is 0.915. The van der Waals surface area contributed by atoms with Crippen LogP contribution >= 0.6 is 0 Å². The first-order valence-electron chi connectivity index (χ1n) is 7.10. The molecule has 0 atom stereocenters. The van der Waals surface area contributed by atoms with E-state index in [2.05, 4.69) is 4.98 Å². The summed E-state index contributed by atoms with van der Waals surface area (Å²) in [6.45, 7) is 2.66. The molecule has 2 rings (SSSR count). The van der Waals surface area contributed by atoms with Gasteiger partial charge in [-0.15, -0.1) is 0 Å². The molecule has 0 aliphatic carbocycles. The van der Waals surface area contributed by atoms with Crippen LogP contribution in [0, 0.1) is 0 Å². The number of amides is 2. The third kappa shape index (κ3) is 3.42. The summed E-state index contributed by atoms with van der Waals surface area (Å²) >= 11 is 0. The fraction of sp³-hybridized carbons (Fsp3) is 0.375. The van der Waals surface area contributed by atoms with E-state index in [0.717, 1.165) is 17.3 Å². The van der Waals surface area contributed by atoms with Crippen molar-refractivity contribution < 1.29 is 9.59 Å². The van der Waals surface area contributed by atoms with Crippen molar-refractivity contribution in [1.29, 1.82) is 0 Å². The molecule has 1 heterocycles. The van der Waals surface area contributed by atoms with E-state index in [-0.39, 0.29) is 18.4 Å². The van der Waals surface area contributed by atoms with Crippen LogP contribution in [-0.2, 0) is 4.79 Å². The van der Waals surface area contributed by atoms with Crippen LogP contribution in [0.15, 0.2) is 30.3 Å². The van der Waals surface area contributed by atoms with E-state index in [1.54, 1.807) is 19.0 Å². The molecular weight excluding hydrogens is 266 g/mol. The van der Waals surface area contributed by atoms with Gasteiger partial charge in [0.2, 0.25) is 5.91 Å². The van der Waals surface area contributed by atoms with Crippen LogP contribution in [0.1, 0.15) is 23.8 Å². The molecule has 0 aliphatic heterocycles. The van der Waals surface area contributed by atoms with Crippen molar-refractivity contribution in [1.82, 2.24) is 14.8 Å². The number of likely N-dealkylation sites (N-methyl/N-ethyl adjacent to an activating group) is 1. The fourth-order valence-corrected chi connectivity index (χ4v) is 2.19. The lowest BCUT2D eigenvalue weighted by Crippen LogP contribution is -2.40. The first-order chi connectivity index (χ1) is 10.0. The maximum atomic E-state index is 12.6. The van der Waals surface area contributed by atoms with Gasteiger partial charge in [-0.05, 0) is 18.6 Å². The number of rotatable bonds is 5. The Hall–Kier alpha value is -2.30. The second kappa shape index (κ2) is 6.43. The van der Waals surface area contributed by atoms with Crippen molar-refractivity contribution in [2.45, 2.75) is 13.3 Å². The fourth-order valence-electron chi connectivity index (χ4n) is 2.19. The summed E-state index contributed by atoms with van der Waals surface area (Å²) in [7, 11) is 3.39. The number of fused-ring (bicyclic) bond motifs is 1. The van der Waals surface area contributed by atoms with Gasteiger partial charge in [0.05, 0.1) is 0 Å². The van der Waals surface area contributed by atoms with E-state index in [1.165, 1.54) is 4.90 Å². The number of benzene rings is 1. The van der Waals surface area contributed by atoms with E-state index in [9.17, 15) is 9.59 Å². The molecule has 2 amide bonds. The highest BCUT2D eigenvalue weighted by molar-refractivity contribution is 5.99. The summed E-state index contributed by atoms with van der Waals surface area (Å²) in [6, 6.07) is 9.58. The van der Waals surface area contributed by atoms with Crippen LogP contribution in [0.25, 0.3) is 10.9 Å². The zero-order valence-electron chi connectivity index (χ0n) is 12.7. The summed E-state index contributed by atoms with van der Waals surface area (Å²) in [5.41, 5.74) is 1.45.